The molecule has 0 saturated heterocycles. The first-order chi connectivity index (χ1) is 6.29. The second kappa shape index (κ2) is 4.60. The molecular formula is C10H14N2O. The predicted molar refractivity (Wildman–Crippen MR) is 52.8 cm³/mol. The molecule has 3 nitrogen and oxygen atoms in total. The normalized spacial score (nSPS) is 11.5. The lowest BCUT2D eigenvalue weighted by Crippen LogP contribution is -2.01. The number of pyridine rings is 1. The molecule has 0 saturated carbocycles. The van der Waals surface area contributed by atoms with E-state index in [1.54, 1.807) is 13.3 Å². The van der Waals surface area contributed by atoms with E-state index in [-0.39, 0.29) is 0 Å². The fraction of sp³-hybridized carbons (Fsp3) is 0.400. The molecule has 0 spiro atoms. The first-order valence-corrected chi connectivity index (χ1v) is 4.30. The summed E-state index contributed by atoms with van der Waals surface area (Å²) >= 11 is 0. The molecule has 0 unspecified atom stereocenters. The van der Waals surface area contributed by atoms with Gasteiger partial charge < -0.3 is 4.84 Å². The van der Waals surface area contributed by atoms with Gasteiger partial charge in [-0.05, 0) is 25.0 Å². The molecule has 1 rings (SSSR count). The van der Waals surface area contributed by atoms with Gasteiger partial charge >= 0.3 is 0 Å². The van der Waals surface area contributed by atoms with Crippen LogP contribution in [0.15, 0.2) is 23.6 Å². The summed E-state index contributed by atoms with van der Waals surface area (Å²) < 4.78 is 0. The van der Waals surface area contributed by atoms with Gasteiger partial charge in [0.25, 0.3) is 0 Å². The average Bonchev–Trinajstić information content (AvgIpc) is 2.18. The standard InChI is InChI=1S/C10H14N2O/c1-4-9-7-11-6-5-10(9)8(2)12-13-3/h5-7H,4H2,1-3H3/b12-8+. The zero-order valence-electron chi connectivity index (χ0n) is 8.24. The Morgan fingerprint density at radius 3 is 3.00 bits per heavy atom. The van der Waals surface area contributed by atoms with Gasteiger partial charge in [0.2, 0.25) is 0 Å². The van der Waals surface area contributed by atoms with Crippen molar-refractivity contribution in [1.29, 1.82) is 0 Å². The van der Waals surface area contributed by atoms with Crippen LogP contribution in [0.4, 0.5) is 0 Å². The summed E-state index contributed by atoms with van der Waals surface area (Å²) in [6.45, 7) is 4.03. The van der Waals surface area contributed by atoms with E-state index in [0.717, 1.165) is 17.7 Å². The van der Waals surface area contributed by atoms with Gasteiger partial charge in [-0.1, -0.05) is 12.1 Å². The van der Waals surface area contributed by atoms with E-state index in [1.807, 2.05) is 19.2 Å². The molecule has 0 radical (unpaired) electrons. The molecule has 0 aromatic carbocycles. The van der Waals surface area contributed by atoms with E-state index < -0.39 is 0 Å². The Balaban J connectivity index is 3.05. The van der Waals surface area contributed by atoms with Gasteiger partial charge in [0.15, 0.2) is 0 Å². The van der Waals surface area contributed by atoms with Crippen LogP contribution in [0.1, 0.15) is 25.0 Å². The molecule has 13 heavy (non-hydrogen) atoms. The maximum atomic E-state index is 4.73. The minimum absolute atomic E-state index is 0.891. The van der Waals surface area contributed by atoms with Crippen LogP contribution in [-0.2, 0) is 11.3 Å². The number of aromatic nitrogens is 1. The molecule has 0 fully saturated rings. The topological polar surface area (TPSA) is 34.5 Å². The van der Waals surface area contributed by atoms with Gasteiger partial charge in [-0.3, -0.25) is 4.98 Å². The van der Waals surface area contributed by atoms with E-state index in [0.29, 0.717) is 0 Å². The number of hydrogen-bond donors (Lipinski definition) is 0. The third-order valence-corrected chi connectivity index (χ3v) is 1.90. The molecular weight excluding hydrogens is 164 g/mol. The lowest BCUT2D eigenvalue weighted by atomic mass is 10.1. The third kappa shape index (κ3) is 2.28. The smallest absolute Gasteiger partial charge is 0.106 e. The van der Waals surface area contributed by atoms with Crippen molar-refractivity contribution in [1.82, 2.24) is 4.98 Å². The molecule has 0 bridgehead atoms. The van der Waals surface area contributed by atoms with Crippen LogP contribution in [0.25, 0.3) is 0 Å². The minimum Gasteiger partial charge on any atom is -0.399 e. The highest BCUT2D eigenvalue weighted by atomic mass is 16.6. The van der Waals surface area contributed by atoms with Gasteiger partial charge in [0, 0.05) is 18.0 Å². The Labute approximate surface area is 78.4 Å². The van der Waals surface area contributed by atoms with Gasteiger partial charge in [-0.25, -0.2) is 0 Å². The number of nitrogens with zero attached hydrogens (tertiary/aromatic N) is 2. The van der Waals surface area contributed by atoms with Crippen molar-refractivity contribution in [3.8, 4) is 0 Å². The van der Waals surface area contributed by atoms with Crippen molar-refractivity contribution in [2.75, 3.05) is 7.11 Å². The average molecular weight is 178 g/mol. The second-order valence-electron chi connectivity index (χ2n) is 2.75. The molecule has 0 aliphatic rings. The molecule has 0 N–H and O–H groups in total. The van der Waals surface area contributed by atoms with Crippen molar-refractivity contribution < 1.29 is 4.84 Å². The van der Waals surface area contributed by atoms with Crippen molar-refractivity contribution in [3.63, 3.8) is 0 Å². The lowest BCUT2D eigenvalue weighted by molar-refractivity contribution is 0.213. The number of oxime groups is 1. The summed E-state index contributed by atoms with van der Waals surface area (Å²) in [5, 5.41) is 3.89. The zero-order valence-corrected chi connectivity index (χ0v) is 8.24. The summed E-state index contributed by atoms with van der Waals surface area (Å²) in [6, 6.07) is 1.96. The SMILES string of the molecule is CCc1cnccc1/C(C)=N/OC. The Bertz CT molecular complexity index is 308. The number of hydrogen-bond acceptors (Lipinski definition) is 3. The highest BCUT2D eigenvalue weighted by Crippen LogP contribution is 2.08. The molecule has 0 aliphatic carbocycles. The fourth-order valence-electron chi connectivity index (χ4n) is 1.25. The molecule has 0 amide bonds. The van der Waals surface area contributed by atoms with E-state index in [1.165, 1.54) is 5.56 Å². The van der Waals surface area contributed by atoms with Gasteiger partial charge in [-0.2, -0.15) is 0 Å². The predicted octanol–water partition coefficient (Wildman–Crippen LogP) is 2.01. The van der Waals surface area contributed by atoms with E-state index in [2.05, 4.69) is 17.1 Å². The van der Waals surface area contributed by atoms with Crippen LogP contribution < -0.4 is 0 Å². The van der Waals surface area contributed by atoms with Crippen LogP contribution in [0.3, 0.4) is 0 Å². The second-order valence-corrected chi connectivity index (χ2v) is 2.75. The fourth-order valence-corrected chi connectivity index (χ4v) is 1.25. The Hall–Kier alpha value is -1.38. The molecule has 0 atom stereocenters. The van der Waals surface area contributed by atoms with Gasteiger partial charge in [0.1, 0.15) is 7.11 Å². The van der Waals surface area contributed by atoms with Crippen LogP contribution in [0.2, 0.25) is 0 Å². The summed E-state index contributed by atoms with van der Waals surface area (Å²) in [5.74, 6) is 0. The Morgan fingerprint density at radius 1 is 1.62 bits per heavy atom. The van der Waals surface area contributed by atoms with Crippen LogP contribution in [0, 0.1) is 0 Å². The number of rotatable bonds is 3. The van der Waals surface area contributed by atoms with Crippen molar-refractivity contribution in [2.45, 2.75) is 20.3 Å². The van der Waals surface area contributed by atoms with Crippen LogP contribution in [-0.4, -0.2) is 17.8 Å². The van der Waals surface area contributed by atoms with E-state index in [4.69, 9.17) is 4.84 Å². The molecule has 1 heterocycles. The molecule has 70 valence electrons. The maximum absolute atomic E-state index is 4.73. The lowest BCUT2D eigenvalue weighted by Gasteiger charge is -2.04. The van der Waals surface area contributed by atoms with Crippen LogP contribution >= 0.6 is 0 Å². The van der Waals surface area contributed by atoms with Crippen LogP contribution in [0.5, 0.6) is 0 Å². The Kier molecular flexibility index (Phi) is 3.43. The number of aryl methyl sites for hydroxylation is 1. The largest absolute Gasteiger partial charge is 0.399 e. The minimum atomic E-state index is 0.891. The highest BCUT2D eigenvalue weighted by molar-refractivity contribution is 5.99. The quantitative estimate of drug-likeness (QED) is 0.524. The molecule has 0 aliphatic heterocycles. The molecule has 1 aromatic heterocycles. The molecule has 1 aromatic rings. The monoisotopic (exact) mass is 178 g/mol. The first kappa shape index (κ1) is 9.71. The van der Waals surface area contributed by atoms with Crippen molar-refractivity contribution in [2.24, 2.45) is 5.16 Å². The summed E-state index contributed by atoms with van der Waals surface area (Å²) in [5.41, 5.74) is 3.20. The zero-order chi connectivity index (χ0) is 9.68. The summed E-state index contributed by atoms with van der Waals surface area (Å²) in [6.07, 6.45) is 4.59. The Morgan fingerprint density at radius 2 is 2.38 bits per heavy atom. The third-order valence-electron chi connectivity index (χ3n) is 1.90. The van der Waals surface area contributed by atoms with Gasteiger partial charge in [0.05, 0.1) is 5.71 Å². The first-order valence-electron chi connectivity index (χ1n) is 4.30. The molecule has 3 heteroatoms. The van der Waals surface area contributed by atoms with E-state index in [9.17, 15) is 0 Å². The summed E-state index contributed by atoms with van der Waals surface area (Å²) in [4.78, 5) is 8.79. The highest BCUT2D eigenvalue weighted by Gasteiger charge is 2.03. The van der Waals surface area contributed by atoms with Gasteiger partial charge in [-0.15, -0.1) is 0 Å². The van der Waals surface area contributed by atoms with Crippen molar-refractivity contribution in [3.05, 3.63) is 29.6 Å². The summed E-state index contributed by atoms with van der Waals surface area (Å²) in [7, 11) is 1.55. The van der Waals surface area contributed by atoms with Crippen molar-refractivity contribution >= 4 is 5.71 Å². The van der Waals surface area contributed by atoms with E-state index >= 15 is 0 Å². The maximum Gasteiger partial charge on any atom is 0.106 e.